The largest absolute Gasteiger partial charge is 0.268 e. The minimum absolute atomic E-state index is 0.0841. The molecular weight excluding hydrogens is 408 g/mol. The van der Waals surface area contributed by atoms with E-state index in [1.807, 2.05) is 0 Å². The van der Waals surface area contributed by atoms with E-state index in [1.54, 1.807) is 24.3 Å². The lowest BCUT2D eigenvalue weighted by atomic mass is 10.2. The first-order valence-corrected chi connectivity index (χ1v) is 11.0. The molecular formula is C18H17F2N3O3S2. The van der Waals surface area contributed by atoms with Crippen LogP contribution in [0.25, 0.3) is 16.6 Å². The van der Waals surface area contributed by atoms with Crippen molar-refractivity contribution in [1.82, 2.24) is 14.3 Å². The van der Waals surface area contributed by atoms with E-state index in [0.717, 1.165) is 22.4 Å². The summed E-state index contributed by atoms with van der Waals surface area (Å²) in [6, 6.07) is 9.59. The van der Waals surface area contributed by atoms with Crippen LogP contribution < -0.4 is 10.3 Å². The van der Waals surface area contributed by atoms with Crippen LogP contribution in [-0.4, -0.2) is 36.5 Å². The first-order chi connectivity index (χ1) is 13.3. The lowest BCUT2D eigenvalue weighted by molar-refractivity contribution is 0.572. The summed E-state index contributed by atoms with van der Waals surface area (Å²) in [4.78, 5) is 17.4. The quantitative estimate of drug-likeness (QED) is 0.358. The summed E-state index contributed by atoms with van der Waals surface area (Å²) in [5.74, 6) is -1.39. The molecule has 1 N–H and O–H groups in total. The van der Waals surface area contributed by atoms with Gasteiger partial charge in [-0.1, -0.05) is 23.9 Å². The van der Waals surface area contributed by atoms with Gasteiger partial charge in [0.1, 0.15) is 11.6 Å². The Kier molecular flexibility index (Phi) is 6.11. The summed E-state index contributed by atoms with van der Waals surface area (Å²) in [7, 11) is -2.01. The molecule has 0 spiro atoms. The highest BCUT2D eigenvalue weighted by molar-refractivity contribution is 7.99. The number of halogens is 2. The third-order valence-corrected chi connectivity index (χ3v) is 6.47. The summed E-state index contributed by atoms with van der Waals surface area (Å²) in [6.45, 7) is 0. The Morgan fingerprint density at radius 2 is 1.93 bits per heavy atom. The van der Waals surface area contributed by atoms with Gasteiger partial charge in [-0.2, -0.15) is 0 Å². The Bertz CT molecular complexity index is 1180. The first-order valence-electron chi connectivity index (χ1n) is 8.33. The SMILES string of the molecule is CNS(=O)(=O)CCCSc1nc2ccccc2c(=O)n1-c1ccc(F)cc1F. The number of rotatable bonds is 7. The Morgan fingerprint density at radius 1 is 1.18 bits per heavy atom. The lowest BCUT2D eigenvalue weighted by Gasteiger charge is -2.14. The van der Waals surface area contributed by atoms with Crippen LogP contribution in [0.4, 0.5) is 8.78 Å². The van der Waals surface area contributed by atoms with Gasteiger partial charge in [-0.3, -0.25) is 9.36 Å². The monoisotopic (exact) mass is 425 g/mol. The fraction of sp³-hybridized carbons (Fsp3) is 0.222. The van der Waals surface area contributed by atoms with E-state index in [-0.39, 0.29) is 16.6 Å². The number of hydrogen-bond donors (Lipinski definition) is 1. The molecule has 0 aliphatic carbocycles. The maximum atomic E-state index is 14.4. The number of nitrogens with one attached hydrogen (secondary N) is 1. The molecule has 0 aliphatic rings. The molecule has 0 saturated carbocycles. The van der Waals surface area contributed by atoms with Crippen LogP contribution in [0, 0.1) is 11.6 Å². The Morgan fingerprint density at radius 3 is 2.64 bits per heavy atom. The van der Waals surface area contributed by atoms with Crippen LogP contribution >= 0.6 is 11.8 Å². The fourth-order valence-electron chi connectivity index (χ4n) is 2.60. The number of hydrogen-bond acceptors (Lipinski definition) is 5. The molecule has 0 bridgehead atoms. The summed E-state index contributed by atoms with van der Waals surface area (Å²) >= 11 is 1.13. The van der Waals surface area contributed by atoms with Gasteiger partial charge in [0, 0.05) is 11.8 Å². The van der Waals surface area contributed by atoms with Crippen molar-refractivity contribution in [3.05, 3.63) is 64.5 Å². The predicted molar refractivity (Wildman–Crippen MR) is 105 cm³/mol. The predicted octanol–water partition coefficient (Wildman–Crippen LogP) is 2.70. The van der Waals surface area contributed by atoms with Crippen molar-refractivity contribution in [2.75, 3.05) is 18.6 Å². The summed E-state index contributed by atoms with van der Waals surface area (Å²) < 4.78 is 54.0. The highest BCUT2D eigenvalue weighted by Gasteiger charge is 2.17. The van der Waals surface area contributed by atoms with Gasteiger partial charge in [0.25, 0.3) is 5.56 Å². The number of sulfonamides is 1. The summed E-state index contributed by atoms with van der Waals surface area (Å²) in [5, 5.41) is 0.504. The zero-order valence-electron chi connectivity index (χ0n) is 14.9. The molecule has 2 aromatic carbocycles. The highest BCUT2D eigenvalue weighted by Crippen LogP contribution is 2.23. The van der Waals surface area contributed by atoms with Gasteiger partial charge >= 0.3 is 0 Å². The topological polar surface area (TPSA) is 81.1 Å². The molecule has 148 valence electrons. The number of aromatic nitrogens is 2. The Hall–Kier alpha value is -2.30. The van der Waals surface area contributed by atoms with Gasteiger partial charge in [-0.15, -0.1) is 0 Å². The van der Waals surface area contributed by atoms with Crippen LogP contribution in [0.3, 0.4) is 0 Å². The highest BCUT2D eigenvalue weighted by atomic mass is 32.2. The van der Waals surface area contributed by atoms with Crippen molar-refractivity contribution in [3.63, 3.8) is 0 Å². The maximum Gasteiger partial charge on any atom is 0.266 e. The van der Waals surface area contributed by atoms with E-state index in [9.17, 15) is 22.0 Å². The third-order valence-electron chi connectivity index (χ3n) is 4.00. The second-order valence-corrected chi connectivity index (χ2v) is 8.98. The molecule has 0 radical (unpaired) electrons. The molecule has 0 atom stereocenters. The molecule has 0 saturated heterocycles. The molecule has 6 nitrogen and oxygen atoms in total. The number of nitrogens with zero attached hydrogens (tertiary/aromatic N) is 2. The van der Waals surface area contributed by atoms with Crippen LogP contribution in [-0.2, 0) is 10.0 Å². The Balaban J connectivity index is 2.03. The smallest absolute Gasteiger partial charge is 0.266 e. The van der Waals surface area contributed by atoms with E-state index in [0.29, 0.717) is 29.1 Å². The van der Waals surface area contributed by atoms with E-state index in [2.05, 4.69) is 9.71 Å². The van der Waals surface area contributed by atoms with Crippen molar-refractivity contribution in [1.29, 1.82) is 0 Å². The average molecular weight is 425 g/mol. The zero-order valence-corrected chi connectivity index (χ0v) is 16.5. The van der Waals surface area contributed by atoms with Gasteiger partial charge < -0.3 is 0 Å². The second kappa shape index (κ2) is 8.38. The average Bonchev–Trinajstić information content (AvgIpc) is 2.66. The molecule has 0 amide bonds. The first kappa shape index (κ1) is 20.4. The lowest BCUT2D eigenvalue weighted by Crippen LogP contribution is -2.23. The number of para-hydroxylation sites is 1. The van der Waals surface area contributed by atoms with Gasteiger partial charge in [-0.25, -0.2) is 26.9 Å². The van der Waals surface area contributed by atoms with Crippen molar-refractivity contribution in [3.8, 4) is 5.69 Å². The number of fused-ring (bicyclic) bond motifs is 1. The minimum Gasteiger partial charge on any atom is -0.268 e. The van der Waals surface area contributed by atoms with Crippen LogP contribution in [0.1, 0.15) is 6.42 Å². The van der Waals surface area contributed by atoms with Gasteiger partial charge in [0.05, 0.1) is 22.3 Å². The van der Waals surface area contributed by atoms with Crippen molar-refractivity contribution in [2.45, 2.75) is 11.6 Å². The molecule has 1 heterocycles. The zero-order chi connectivity index (χ0) is 20.3. The molecule has 3 rings (SSSR count). The van der Waals surface area contributed by atoms with E-state index < -0.39 is 27.2 Å². The van der Waals surface area contributed by atoms with Crippen molar-refractivity contribution < 1.29 is 17.2 Å². The van der Waals surface area contributed by atoms with Crippen LogP contribution in [0.5, 0.6) is 0 Å². The van der Waals surface area contributed by atoms with Gasteiger partial charge in [0.2, 0.25) is 10.0 Å². The fourth-order valence-corrected chi connectivity index (χ4v) is 4.45. The van der Waals surface area contributed by atoms with E-state index in [1.165, 1.54) is 13.1 Å². The Labute approximate surface area is 164 Å². The summed E-state index contributed by atoms with van der Waals surface area (Å²) in [6.07, 6.45) is 0.308. The molecule has 10 heteroatoms. The molecule has 28 heavy (non-hydrogen) atoms. The normalized spacial score (nSPS) is 11.8. The second-order valence-electron chi connectivity index (χ2n) is 5.87. The number of thioether (sulfide) groups is 1. The minimum atomic E-state index is -3.34. The summed E-state index contributed by atoms with van der Waals surface area (Å²) in [5.41, 5.74) is -0.159. The third kappa shape index (κ3) is 4.40. The van der Waals surface area contributed by atoms with Crippen LogP contribution in [0.2, 0.25) is 0 Å². The molecule has 1 aromatic heterocycles. The van der Waals surface area contributed by atoms with Gasteiger partial charge in [0.15, 0.2) is 5.16 Å². The maximum absolute atomic E-state index is 14.4. The van der Waals surface area contributed by atoms with Crippen molar-refractivity contribution in [2.24, 2.45) is 0 Å². The molecule has 0 aliphatic heterocycles. The van der Waals surface area contributed by atoms with E-state index in [4.69, 9.17) is 0 Å². The number of benzene rings is 2. The van der Waals surface area contributed by atoms with Crippen LogP contribution in [0.15, 0.2) is 52.4 Å². The van der Waals surface area contributed by atoms with E-state index >= 15 is 0 Å². The van der Waals surface area contributed by atoms with Gasteiger partial charge in [-0.05, 0) is 37.7 Å². The standard InChI is InChI=1S/C18H17F2N3O3S2/c1-21-28(25,26)10-4-9-27-18-22-15-6-3-2-5-13(15)17(24)23(18)16-8-7-12(19)11-14(16)20/h2-3,5-8,11,21H,4,9-10H2,1H3. The molecule has 0 fully saturated rings. The van der Waals surface area contributed by atoms with Crippen molar-refractivity contribution >= 4 is 32.7 Å². The molecule has 0 unspecified atom stereocenters. The molecule has 3 aromatic rings.